The highest BCUT2D eigenvalue weighted by atomic mass is 16.5. The van der Waals surface area contributed by atoms with E-state index >= 15 is 0 Å². The number of methoxy groups -OCH3 is 1. The van der Waals surface area contributed by atoms with Gasteiger partial charge in [-0.15, -0.1) is 0 Å². The van der Waals surface area contributed by atoms with Crippen LogP contribution in [-0.4, -0.2) is 21.6 Å². The molecule has 0 unspecified atom stereocenters. The topological polar surface area (TPSA) is 9.23 Å². The van der Waals surface area contributed by atoms with Gasteiger partial charge in [0.2, 0.25) is 0 Å². The van der Waals surface area contributed by atoms with Crippen LogP contribution in [0.1, 0.15) is 19.8 Å². The minimum absolute atomic E-state index is 0.569. The molecule has 0 heterocycles. The second-order valence-corrected chi connectivity index (χ2v) is 2.35. The zero-order chi connectivity index (χ0) is 7.11. The fourth-order valence-electron chi connectivity index (χ4n) is 0.913. The zero-order valence-electron chi connectivity index (χ0n) is 6.39. The van der Waals surface area contributed by atoms with Gasteiger partial charge in [0.25, 0.3) is 0 Å². The Morgan fingerprint density at radius 3 is 2.56 bits per heavy atom. The Hall–Kier alpha value is 0.0249. The molecule has 0 fully saturated rings. The molecule has 0 amide bonds. The fourth-order valence-corrected chi connectivity index (χ4v) is 0.913. The van der Waals surface area contributed by atoms with Gasteiger partial charge >= 0.3 is 0 Å². The Kier molecular flexibility index (Phi) is 6.17. The van der Waals surface area contributed by atoms with Gasteiger partial charge in [-0.05, 0) is 12.3 Å². The average molecular weight is 126 g/mol. The van der Waals surface area contributed by atoms with Crippen LogP contribution in [-0.2, 0) is 4.74 Å². The van der Waals surface area contributed by atoms with E-state index in [0.717, 1.165) is 12.9 Å². The molecule has 1 nitrogen and oxygen atoms in total. The van der Waals surface area contributed by atoms with Crippen LogP contribution in [0.2, 0.25) is 6.32 Å². The molecule has 0 N–H and O–H groups in total. The SMILES string of the molecule is [B]C[C@@H](CCC)COC. The first-order valence-corrected chi connectivity index (χ1v) is 3.54. The molecule has 0 saturated heterocycles. The van der Waals surface area contributed by atoms with Crippen molar-refractivity contribution in [2.45, 2.75) is 26.1 Å². The third kappa shape index (κ3) is 4.52. The summed E-state index contributed by atoms with van der Waals surface area (Å²) in [6, 6.07) is 0. The van der Waals surface area contributed by atoms with Gasteiger partial charge in [0.15, 0.2) is 0 Å². The number of hydrogen-bond acceptors (Lipinski definition) is 1. The van der Waals surface area contributed by atoms with Crippen LogP contribution in [0.4, 0.5) is 0 Å². The Morgan fingerprint density at radius 2 is 2.22 bits per heavy atom. The molecule has 52 valence electrons. The fraction of sp³-hybridized carbons (Fsp3) is 1.00. The lowest BCUT2D eigenvalue weighted by Crippen LogP contribution is -2.06. The van der Waals surface area contributed by atoms with E-state index in [4.69, 9.17) is 12.6 Å². The van der Waals surface area contributed by atoms with Gasteiger partial charge in [-0.2, -0.15) is 0 Å². The van der Waals surface area contributed by atoms with Crippen molar-refractivity contribution >= 4 is 7.85 Å². The van der Waals surface area contributed by atoms with E-state index in [1.54, 1.807) is 7.11 Å². The first kappa shape index (κ1) is 9.02. The molecule has 2 radical (unpaired) electrons. The smallest absolute Gasteiger partial charge is 0.0657 e. The van der Waals surface area contributed by atoms with E-state index in [9.17, 15) is 0 Å². The molecule has 0 aromatic heterocycles. The minimum atomic E-state index is 0.569. The van der Waals surface area contributed by atoms with Crippen molar-refractivity contribution in [2.24, 2.45) is 5.92 Å². The van der Waals surface area contributed by atoms with Crippen molar-refractivity contribution in [3.63, 3.8) is 0 Å². The van der Waals surface area contributed by atoms with Crippen molar-refractivity contribution in [1.82, 2.24) is 0 Å². The lowest BCUT2D eigenvalue weighted by molar-refractivity contribution is 0.155. The predicted octanol–water partition coefficient (Wildman–Crippen LogP) is 1.64. The molecule has 0 spiro atoms. The van der Waals surface area contributed by atoms with Gasteiger partial charge in [-0.3, -0.25) is 0 Å². The van der Waals surface area contributed by atoms with Gasteiger partial charge < -0.3 is 4.74 Å². The standard InChI is InChI=1S/C7H15BO/c1-3-4-7(5-8)6-9-2/h7H,3-6H2,1-2H3/t7-/m1/s1. The van der Waals surface area contributed by atoms with Gasteiger partial charge in [0.05, 0.1) is 7.85 Å². The Labute approximate surface area is 59.2 Å². The average Bonchev–Trinajstić information content (AvgIpc) is 1.88. The molecule has 1 atom stereocenters. The van der Waals surface area contributed by atoms with Gasteiger partial charge in [-0.1, -0.05) is 19.7 Å². The first-order valence-electron chi connectivity index (χ1n) is 3.54. The molecule has 0 aromatic rings. The normalized spacial score (nSPS) is 13.6. The van der Waals surface area contributed by atoms with E-state index in [1.165, 1.54) is 12.8 Å². The number of hydrogen-bond donors (Lipinski definition) is 0. The maximum Gasteiger partial charge on any atom is 0.0657 e. The van der Waals surface area contributed by atoms with Crippen molar-refractivity contribution in [1.29, 1.82) is 0 Å². The molecule has 0 bridgehead atoms. The Bertz CT molecular complexity index is 50.9. The molecular formula is C7H15BO. The molecule has 0 aliphatic rings. The van der Waals surface area contributed by atoms with E-state index in [-0.39, 0.29) is 0 Å². The van der Waals surface area contributed by atoms with Crippen LogP contribution in [0.3, 0.4) is 0 Å². The van der Waals surface area contributed by atoms with Crippen LogP contribution in [0.25, 0.3) is 0 Å². The summed E-state index contributed by atoms with van der Waals surface area (Å²) in [5.74, 6) is 0.569. The minimum Gasteiger partial charge on any atom is -0.384 e. The maximum atomic E-state index is 5.46. The molecular weight excluding hydrogens is 111 g/mol. The molecule has 0 aromatic carbocycles. The van der Waals surface area contributed by atoms with Crippen molar-refractivity contribution in [2.75, 3.05) is 13.7 Å². The number of ether oxygens (including phenoxy) is 1. The summed E-state index contributed by atoms with van der Waals surface area (Å²) in [6.07, 6.45) is 3.14. The highest BCUT2D eigenvalue weighted by Crippen LogP contribution is 2.09. The van der Waals surface area contributed by atoms with Gasteiger partial charge in [0.1, 0.15) is 0 Å². The summed E-state index contributed by atoms with van der Waals surface area (Å²) in [6.45, 7) is 2.97. The zero-order valence-corrected chi connectivity index (χ0v) is 6.39. The van der Waals surface area contributed by atoms with Crippen LogP contribution in [0.15, 0.2) is 0 Å². The Balaban J connectivity index is 3.18. The third-order valence-corrected chi connectivity index (χ3v) is 1.43. The van der Waals surface area contributed by atoms with Crippen LogP contribution in [0, 0.1) is 5.92 Å². The third-order valence-electron chi connectivity index (χ3n) is 1.43. The maximum absolute atomic E-state index is 5.46. The van der Waals surface area contributed by atoms with Crippen molar-refractivity contribution < 1.29 is 4.74 Å². The first-order chi connectivity index (χ1) is 4.35. The summed E-state index contributed by atoms with van der Waals surface area (Å²) < 4.78 is 4.97. The lowest BCUT2D eigenvalue weighted by atomic mass is 9.89. The van der Waals surface area contributed by atoms with Crippen LogP contribution in [0.5, 0.6) is 0 Å². The van der Waals surface area contributed by atoms with E-state index in [2.05, 4.69) is 6.92 Å². The van der Waals surface area contributed by atoms with E-state index < -0.39 is 0 Å². The largest absolute Gasteiger partial charge is 0.384 e. The molecule has 2 heteroatoms. The Morgan fingerprint density at radius 1 is 1.56 bits per heavy atom. The molecule has 0 aliphatic heterocycles. The summed E-state index contributed by atoms with van der Waals surface area (Å²) in [5.41, 5.74) is 0. The van der Waals surface area contributed by atoms with Gasteiger partial charge in [-0.25, -0.2) is 0 Å². The highest BCUT2D eigenvalue weighted by molar-refractivity contribution is 6.08. The second kappa shape index (κ2) is 6.15. The monoisotopic (exact) mass is 126 g/mol. The van der Waals surface area contributed by atoms with Crippen molar-refractivity contribution in [3.8, 4) is 0 Å². The van der Waals surface area contributed by atoms with Crippen LogP contribution < -0.4 is 0 Å². The predicted molar refractivity (Wildman–Crippen MR) is 40.8 cm³/mol. The van der Waals surface area contributed by atoms with Crippen LogP contribution >= 0.6 is 0 Å². The molecule has 0 rings (SSSR count). The van der Waals surface area contributed by atoms with Crippen molar-refractivity contribution in [3.05, 3.63) is 0 Å². The highest BCUT2D eigenvalue weighted by Gasteiger charge is 2.01. The summed E-state index contributed by atoms with van der Waals surface area (Å²) in [7, 11) is 7.19. The molecule has 0 aliphatic carbocycles. The summed E-state index contributed by atoms with van der Waals surface area (Å²) >= 11 is 0. The second-order valence-electron chi connectivity index (χ2n) is 2.35. The summed E-state index contributed by atoms with van der Waals surface area (Å²) in [5, 5.41) is 0. The lowest BCUT2D eigenvalue weighted by Gasteiger charge is -2.11. The summed E-state index contributed by atoms with van der Waals surface area (Å²) in [4.78, 5) is 0. The number of rotatable bonds is 5. The van der Waals surface area contributed by atoms with E-state index in [1.807, 2.05) is 0 Å². The molecule has 0 saturated carbocycles. The molecule has 9 heavy (non-hydrogen) atoms. The quantitative estimate of drug-likeness (QED) is 0.508. The van der Waals surface area contributed by atoms with Gasteiger partial charge in [0, 0.05) is 13.7 Å². The van der Waals surface area contributed by atoms with E-state index in [0.29, 0.717) is 5.92 Å².